The van der Waals surface area contributed by atoms with Crippen molar-refractivity contribution in [1.82, 2.24) is 9.55 Å². The number of methoxy groups -OCH3 is 1. The first-order valence-electron chi connectivity index (χ1n) is 5.27. The van der Waals surface area contributed by atoms with E-state index >= 15 is 0 Å². The van der Waals surface area contributed by atoms with Crippen LogP contribution in [0.25, 0.3) is 0 Å². The summed E-state index contributed by atoms with van der Waals surface area (Å²) < 4.78 is 31.2. The summed E-state index contributed by atoms with van der Waals surface area (Å²) in [6.45, 7) is -2.55. The van der Waals surface area contributed by atoms with Crippen LogP contribution in [0.15, 0.2) is 41.6 Å². The number of ether oxygens (including phenoxy) is 1. The molecule has 1 aromatic carbocycles. The van der Waals surface area contributed by atoms with Crippen LogP contribution in [0.5, 0.6) is 5.75 Å². The van der Waals surface area contributed by atoms with Crippen LogP contribution in [0.4, 0.5) is 8.78 Å². The standard InChI is InChI=1S/C12H12F2N2OS/c1-17-9-3-2-4-10(7-9)18-8-11-15-5-6-16(11)12(13)14/h2-7,12H,8H2,1H3. The van der Waals surface area contributed by atoms with Gasteiger partial charge >= 0.3 is 6.55 Å². The van der Waals surface area contributed by atoms with Gasteiger partial charge in [0.25, 0.3) is 0 Å². The highest BCUT2D eigenvalue weighted by Crippen LogP contribution is 2.26. The lowest BCUT2D eigenvalue weighted by Gasteiger charge is -2.07. The van der Waals surface area contributed by atoms with Crippen molar-refractivity contribution >= 4 is 11.8 Å². The molecule has 0 bridgehead atoms. The van der Waals surface area contributed by atoms with E-state index in [1.54, 1.807) is 7.11 Å². The molecule has 0 saturated carbocycles. The molecule has 18 heavy (non-hydrogen) atoms. The first kappa shape index (κ1) is 12.9. The average molecular weight is 270 g/mol. The van der Waals surface area contributed by atoms with Gasteiger partial charge in [-0.15, -0.1) is 11.8 Å². The lowest BCUT2D eigenvalue weighted by Crippen LogP contribution is -2.01. The van der Waals surface area contributed by atoms with Gasteiger partial charge in [0.1, 0.15) is 11.6 Å². The van der Waals surface area contributed by atoms with Crippen LogP contribution in [-0.2, 0) is 5.75 Å². The number of hydrogen-bond acceptors (Lipinski definition) is 3. The van der Waals surface area contributed by atoms with Crippen molar-refractivity contribution in [3.63, 3.8) is 0 Å². The number of alkyl halides is 2. The molecule has 0 spiro atoms. The summed E-state index contributed by atoms with van der Waals surface area (Å²) in [4.78, 5) is 4.88. The first-order valence-corrected chi connectivity index (χ1v) is 6.26. The second-order valence-corrected chi connectivity index (χ2v) is 4.54. The maximum atomic E-state index is 12.6. The summed E-state index contributed by atoms with van der Waals surface area (Å²) in [6.07, 6.45) is 2.67. The van der Waals surface area contributed by atoms with Crippen LogP contribution in [0.2, 0.25) is 0 Å². The zero-order chi connectivity index (χ0) is 13.0. The molecule has 0 aliphatic heterocycles. The maximum absolute atomic E-state index is 12.6. The van der Waals surface area contributed by atoms with E-state index in [1.165, 1.54) is 24.2 Å². The Bertz CT molecular complexity index is 516. The Labute approximate surface area is 108 Å². The minimum absolute atomic E-state index is 0.359. The third-order valence-electron chi connectivity index (χ3n) is 2.37. The summed E-state index contributed by atoms with van der Waals surface area (Å²) >= 11 is 1.44. The van der Waals surface area contributed by atoms with Crippen molar-refractivity contribution < 1.29 is 13.5 Å². The molecule has 0 radical (unpaired) electrons. The van der Waals surface area contributed by atoms with Crippen LogP contribution in [0.3, 0.4) is 0 Å². The Kier molecular flexibility index (Phi) is 4.19. The monoisotopic (exact) mass is 270 g/mol. The van der Waals surface area contributed by atoms with Crippen molar-refractivity contribution in [2.75, 3.05) is 7.11 Å². The summed E-state index contributed by atoms with van der Waals surface area (Å²) in [5.41, 5.74) is 0. The van der Waals surface area contributed by atoms with Gasteiger partial charge in [-0.1, -0.05) is 6.07 Å². The molecule has 2 rings (SSSR count). The van der Waals surface area contributed by atoms with E-state index in [4.69, 9.17) is 4.74 Å². The Morgan fingerprint density at radius 2 is 2.28 bits per heavy atom. The van der Waals surface area contributed by atoms with Crippen LogP contribution >= 0.6 is 11.8 Å². The van der Waals surface area contributed by atoms with Crippen LogP contribution in [-0.4, -0.2) is 16.7 Å². The second-order valence-electron chi connectivity index (χ2n) is 3.50. The van der Waals surface area contributed by atoms with Gasteiger partial charge in [-0.25, -0.2) is 4.98 Å². The summed E-state index contributed by atoms with van der Waals surface area (Å²) in [5, 5.41) is 0. The Morgan fingerprint density at radius 1 is 1.44 bits per heavy atom. The van der Waals surface area contributed by atoms with Gasteiger partial charge in [-0.2, -0.15) is 8.78 Å². The number of imidazole rings is 1. The molecule has 0 N–H and O–H groups in total. The molecule has 3 nitrogen and oxygen atoms in total. The maximum Gasteiger partial charge on any atom is 0.319 e. The highest BCUT2D eigenvalue weighted by molar-refractivity contribution is 7.98. The highest BCUT2D eigenvalue weighted by Gasteiger charge is 2.11. The van der Waals surface area contributed by atoms with Crippen LogP contribution in [0, 0.1) is 0 Å². The molecule has 0 amide bonds. The first-order chi connectivity index (χ1) is 8.70. The molecular formula is C12H12F2N2OS. The van der Waals surface area contributed by atoms with Crippen molar-refractivity contribution in [2.24, 2.45) is 0 Å². The predicted molar refractivity (Wildman–Crippen MR) is 66.0 cm³/mol. The fraction of sp³-hybridized carbons (Fsp3) is 0.250. The van der Waals surface area contributed by atoms with E-state index in [9.17, 15) is 8.78 Å². The fourth-order valence-electron chi connectivity index (χ4n) is 1.47. The molecule has 0 unspecified atom stereocenters. The molecule has 0 aliphatic rings. The Hall–Kier alpha value is -1.56. The van der Waals surface area contributed by atoms with Gasteiger partial charge in [0.05, 0.1) is 12.9 Å². The summed E-state index contributed by atoms with van der Waals surface area (Å²) in [6, 6.07) is 7.47. The minimum atomic E-state index is -2.55. The van der Waals surface area contributed by atoms with Crippen molar-refractivity contribution in [1.29, 1.82) is 0 Å². The number of benzene rings is 1. The normalized spacial score (nSPS) is 10.9. The summed E-state index contributed by atoms with van der Waals surface area (Å²) in [7, 11) is 1.59. The lowest BCUT2D eigenvalue weighted by atomic mass is 10.3. The molecule has 0 fully saturated rings. The Balaban J connectivity index is 2.04. The molecule has 0 aliphatic carbocycles. The SMILES string of the molecule is COc1cccc(SCc2nccn2C(F)F)c1. The van der Waals surface area contributed by atoms with Crippen LogP contribution in [0.1, 0.15) is 12.4 Å². The topological polar surface area (TPSA) is 27.1 Å². The second kappa shape index (κ2) is 5.86. The summed E-state index contributed by atoms with van der Waals surface area (Å²) in [5.74, 6) is 1.50. The fourth-order valence-corrected chi connectivity index (χ4v) is 2.37. The van der Waals surface area contributed by atoms with Crippen molar-refractivity contribution in [2.45, 2.75) is 17.2 Å². The smallest absolute Gasteiger partial charge is 0.319 e. The zero-order valence-corrected chi connectivity index (χ0v) is 10.5. The number of nitrogens with zero attached hydrogens (tertiary/aromatic N) is 2. The number of rotatable bonds is 5. The molecule has 96 valence electrons. The molecule has 6 heteroatoms. The lowest BCUT2D eigenvalue weighted by molar-refractivity contribution is 0.0678. The van der Waals surface area contributed by atoms with Gasteiger partial charge in [0.15, 0.2) is 0 Å². The van der Waals surface area contributed by atoms with E-state index in [0.29, 0.717) is 11.6 Å². The molecule has 0 saturated heterocycles. The van der Waals surface area contributed by atoms with Gasteiger partial charge in [0.2, 0.25) is 0 Å². The molecule has 1 aromatic heterocycles. The zero-order valence-electron chi connectivity index (χ0n) is 9.72. The number of hydrogen-bond donors (Lipinski definition) is 0. The van der Waals surface area contributed by atoms with E-state index in [1.807, 2.05) is 24.3 Å². The van der Waals surface area contributed by atoms with E-state index < -0.39 is 6.55 Å². The van der Waals surface area contributed by atoms with Gasteiger partial charge in [-0.05, 0) is 18.2 Å². The van der Waals surface area contributed by atoms with Crippen molar-refractivity contribution in [3.8, 4) is 5.75 Å². The van der Waals surface area contributed by atoms with Crippen molar-refractivity contribution in [3.05, 3.63) is 42.5 Å². The molecule has 2 aromatic rings. The van der Waals surface area contributed by atoms with E-state index in [-0.39, 0.29) is 0 Å². The largest absolute Gasteiger partial charge is 0.497 e. The quantitative estimate of drug-likeness (QED) is 0.777. The predicted octanol–water partition coefficient (Wildman–Crippen LogP) is 3.58. The van der Waals surface area contributed by atoms with Gasteiger partial charge in [-0.3, -0.25) is 4.57 Å². The third-order valence-corrected chi connectivity index (χ3v) is 3.36. The molecular weight excluding hydrogens is 258 g/mol. The van der Waals surface area contributed by atoms with Crippen LogP contribution < -0.4 is 4.74 Å². The number of aromatic nitrogens is 2. The minimum Gasteiger partial charge on any atom is -0.497 e. The highest BCUT2D eigenvalue weighted by atomic mass is 32.2. The average Bonchev–Trinajstić information content (AvgIpc) is 2.85. The molecule has 0 atom stereocenters. The van der Waals surface area contributed by atoms with E-state index in [0.717, 1.165) is 15.2 Å². The third kappa shape index (κ3) is 3.01. The Morgan fingerprint density at radius 3 is 3.00 bits per heavy atom. The molecule has 1 heterocycles. The number of thioether (sulfide) groups is 1. The van der Waals surface area contributed by atoms with Gasteiger partial charge < -0.3 is 4.74 Å². The number of halogens is 2. The van der Waals surface area contributed by atoms with E-state index in [2.05, 4.69) is 4.98 Å². The van der Waals surface area contributed by atoms with Gasteiger partial charge in [0, 0.05) is 17.3 Å².